The first-order valence-corrected chi connectivity index (χ1v) is 10.5. The summed E-state index contributed by atoms with van der Waals surface area (Å²) in [5, 5.41) is 22.7. The molecular weight excluding hydrogens is 372 g/mol. The molecule has 4 aliphatic carbocycles. The van der Waals surface area contributed by atoms with Crippen LogP contribution in [0.15, 0.2) is 23.8 Å². The van der Waals surface area contributed by atoms with Crippen LogP contribution in [-0.2, 0) is 19.1 Å². The van der Waals surface area contributed by atoms with Gasteiger partial charge in [-0.15, -0.1) is 0 Å². The Hall–Kier alpha value is -1.79. The number of aliphatic hydroxyl groups excluding tert-OH is 1. The zero-order valence-electron chi connectivity index (χ0n) is 17.3. The second kappa shape index (κ2) is 6.61. The third kappa shape index (κ3) is 2.79. The fourth-order valence-electron chi connectivity index (χ4n) is 7.08. The van der Waals surface area contributed by atoms with E-state index >= 15 is 0 Å². The molecule has 0 saturated heterocycles. The molecule has 4 aliphatic rings. The van der Waals surface area contributed by atoms with E-state index in [0.717, 1.165) is 18.4 Å². The normalized spacial score (nSPS) is 45.7. The summed E-state index contributed by atoms with van der Waals surface area (Å²) >= 11 is 0. The van der Waals surface area contributed by atoms with E-state index in [0.29, 0.717) is 19.3 Å². The molecule has 0 bridgehead atoms. The second-order valence-electron chi connectivity index (χ2n) is 9.81. The van der Waals surface area contributed by atoms with Gasteiger partial charge in [-0.05, 0) is 56.1 Å². The Labute approximate surface area is 171 Å². The Morgan fingerprint density at radius 1 is 1.28 bits per heavy atom. The summed E-state index contributed by atoms with van der Waals surface area (Å²) in [6.45, 7) is 4.80. The lowest BCUT2D eigenvalue weighted by Crippen LogP contribution is -2.61. The van der Waals surface area contributed by atoms with E-state index in [1.807, 2.05) is 13.0 Å². The van der Waals surface area contributed by atoms with Crippen LogP contribution in [0.2, 0.25) is 0 Å². The number of Topliss-reactive ketones (excluding diaryl/α,β-unsaturated/α-hetero) is 1. The van der Waals surface area contributed by atoms with E-state index in [2.05, 4.69) is 6.92 Å². The minimum atomic E-state index is -1.60. The first-order chi connectivity index (χ1) is 13.5. The van der Waals surface area contributed by atoms with Crippen LogP contribution in [0.3, 0.4) is 0 Å². The number of fused-ring (bicyclic) bond motifs is 5. The summed E-state index contributed by atoms with van der Waals surface area (Å²) in [5.41, 5.74) is -1.67. The molecule has 0 aromatic rings. The zero-order chi connectivity index (χ0) is 21.2. The summed E-state index contributed by atoms with van der Waals surface area (Å²) in [4.78, 5) is 35.9. The number of rotatable bonds is 3. The van der Waals surface area contributed by atoms with Crippen LogP contribution in [-0.4, -0.2) is 46.1 Å². The van der Waals surface area contributed by atoms with Crippen LogP contribution in [0.25, 0.3) is 0 Å². The largest absolute Gasteiger partial charge is 0.458 e. The van der Waals surface area contributed by atoms with Gasteiger partial charge in [0.05, 0.1) is 6.10 Å². The fraction of sp³-hybridized carbons (Fsp3) is 0.696. The molecule has 7 atom stereocenters. The summed E-state index contributed by atoms with van der Waals surface area (Å²) in [6, 6.07) is 0. The van der Waals surface area contributed by atoms with Crippen molar-refractivity contribution < 1.29 is 29.3 Å². The first kappa shape index (κ1) is 20.5. The summed E-state index contributed by atoms with van der Waals surface area (Å²) in [6.07, 6.45) is 7.50. The van der Waals surface area contributed by atoms with Crippen molar-refractivity contribution in [1.29, 1.82) is 0 Å². The van der Waals surface area contributed by atoms with Crippen LogP contribution in [0.5, 0.6) is 0 Å². The van der Waals surface area contributed by atoms with E-state index in [-0.39, 0.29) is 29.0 Å². The molecule has 0 heterocycles. The van der Waals surface area contributed by atoms with Gasteiger partial charge in [0.25, 0.3) is 0 Å². The predicted molar refractivity (Wildman–Crippen MR) is 105 cm³/mol. The number of hydrogen-bond donors (Lipinski definition) is 2. The molecule has 3 fully saturated rings. The maximum absolute atomic E-state index is 12.9. The Morgan fingerprint density at radius 3 is 2.69 bits per heavy atom. The van der Waals surface area contributed by atoms with Crippen LogP contribution < -0.4 is 0 Å². The molecule has 29 heavy (non-hydrogen) atoms. The summed E-state index contributed by atoms with van der Waals surface area (Å²) in [7, 11) is 0. The maximum atomic E-state index is 12.9. The van der Waals surface area contributed by atoms with Crippen molar-refractivity contribution in [1.82, 2.24) is 0 Å². The molecule has 3 saturated carbocycles. The average Bonchev–Trinajstić information content (AvgIpc) is 2.91. The molecule has 0 unspecified atom stereocenters. The smallest absolute Gasteiger partial charge is 0.303 e. The summed E-state index contributed by atoms with van der Waals surface area (Å²) in [5.74, 6) is -0.836. The number of ketones is 2. The lowest BCUT2D eigenvalue weighted by Gasteiger charge is -2.59. The molecule has 6 heteroatoms. The van der Waals surface area contributed by atoms with Gasteiger partial charge in [-0.2, -0.15) is 0 Å². The lowest BCUT2D eigenvalue weighted by molar-refractivity contribution is -0.181. The Bertz CT molecular complexity index is 827. The predicted octanol–water partition coefficient (Wildman–Crippen LogP) is 2.13. The van der Waals surface area contributed by atoms with Gasteiger partial charge in [0.15, 0.2) is 12.4 Å². The molecular formula is C23H30O6. The molecule has 158 valence electrons. The highest BCUT2D eigenvalue weighted by atomic mass is 16.5. The average molecular weight is 402 g/mol. The van der Waals surface area contributed by atoms with Gasteiger partial charge in [-0.25, -0.2) is 0 Å². The van der Waals surface area contributed by atoms with Crippen molar-refractivity contribution >= 4 is 17.5 Å². The van der Waals surface area contributed by atoms with E-state index in [9.17, 15) is 24.6 Å². The van der Waals surface area contributed by atoms with Crippen LogP contribution >= 0.6 is 0 Å². The minimum absolute atomic E-state index is 0.00243. The molecule has 6 nitrogen and oxygen atoms in total. The molecule has 0 aromatic carbocycles. The Morgan fingerprint density at radius 2 is 2.00 bits per heavy atom. The van der Waals surface area contributed by atoms with E-state index in [1.165, 1.54) is 6.92 Å². The minimum Gasteiger partial charge on any atom is -0.458 e. The van der Waals surface area contributed by atoms with Crippen molar-refractivity contribution in [2.75, 3.05) is 6.61 Å². The molecule has 2 N–H and O–H groups in total. The van der Waals surface area contributed by atoms with Gasteiger partial charge in [0.1, 0.15) is 5.60 Å². The SMILES string of the molecule is CC(=O)OCC(=O)[C@]1(O)CC[C@H]2[C@@H]3CCC4=CC(=O)C=C[C@@]4(C)[C@@H]3[C@@H](O)C[C@@]21C. The van der Waals surface area contributed by atoms with E-state index < -0.39 is 35.5 Å². The Balaban J connectivity index is 1.66. The highest BCUT2D eigenvalue weighted by Gasteiger charge is 2.68. The topological polar surface area (TPSA) is 101 Å². The summed E-state index contributed by atoms with van der Waals surface area (Å²) < 4.78 is 4.88. The van der Waals surface area contributed by atoms with Gasteiger partial charge in [0.2, 0.25) is 5.78 Å². The van der Waals surface area contributed by atoms with Gasteiger partial charge in [-0.1, -0.05) is 25.5 Å². The van der Waals surface area contributed by atoms with Gasteiger partial charge in [0, 0.05) is 23.7 Å². The highest BCUT2D eigenvalue weighted by molar-refractivity contribution is 6.01. The molecule has 4 rings (SSSR count). The molecule has 0 spiro atoms. The van der Waals surface area contributed by atoms with Crippen molar-refractivity contribution in [2.45, 2.75) is 64.6 Å². The van der Waals surface area contributed by atoms with Crippen molar-refractivity contribution in [3.8, 4) is 0 Å². The molecule has 0 aromatic heterocycles. The van der Waals surface area contributed by atoms with Crippen molar-refractivity contribution in [2.24, 2.45) is 28.6 Å². The number of ether oxygens (including phenoxy) is 1. The number of carbonyl (C=O) groups excluding carboxylic acids is 3. The third-order valence-corrected chi connectivity index (χ3v) is 8.52. The third-order valence-electron chi connectivity index (χ3n) is 8.52. The number of allylic oxidation sites excluding steroid dienone is 4. The van der Waals surface area contributed by atoms with Gasteiger partial charge < -0.3 is 14.9 Å². The number of aliphatic hydroxyl groups is 2. The van der Waals surface area contributed by atoms with E-state index in [4.69, 9.17) is 4.74 Å². The fourth-order valence-corrected chi connectivity index (χ4v) is 7.08. The number of esters is 1. The molecule has 0 amide bonds. The second-order valence-corrected chi connectivity index (χ2v) is 9.81. The van der Waals surface area contributed by atoms with Crippen LogP contribution in [0.4, 0.5) is 0 Å². The van der Waals surface area contributed by atoms with Crippen LogP contribution in [0.1, 0.15) is 52.9 Å². The Kier molecular flexibility index (Phi) is 4.67. The highest BCUT2D eigenvalue weighted by Crippen LogP contribution is 2.67. The maximum Gasteiger partial charge on any atom is 0.303 e. The molecule has 0 radical (unpaired) electrons. The van der Waals surface area contributed by atoms with Gasteiger partial charge >= 0.3 is 5.97 Å². The van der Waals surface area contributed by atoms with E-state index in [1.54, 1.807) is 12.2 Å². The quantitative estimate of drug-likeness (QED) is 0.702. The van der Waals surface area contributed by atoms with Crippen molar-refractivity contribution in [3.63, 3.8) is 0 Å². The molecule has 0 aliphatic heterocycles. The standard InChI is InChI=1S/C23H30O6/c1-13(24)29-12-19(27)23(28)9-7-17-16-5-4-14-10-15(25)6-8-21(14,2)20(16)18(26)11-22(17,23)3/h6,8,10,16-18,20,26,28H,4-5,7,9,11-12H2,1-3H3/t16-,17-,18-,20-,21+,22-,23+/m0/s1. The number of hydrogen-bond acceptors (Lipinski definition) is 6. The number of carbonyl (C=O) groups is 3. The van der Waals surface area contributed by atoms with Crippen molar-refractivity contribution in [3.05, 3.63) is 23.8 Å². The van der Waals surface area contributed by atoms with Gasteiger partial charge in [-0.3, -0.25) is 14.4 Å². The van der Waals surface area contributed by atoms with Crippen LogP contribution in [0, 0.1) is 28.6 Å². The zero-order valence-corrected chi connectivity index (χ0v) is 17.3. The monoisotopic (exact) mass is 402 g/mol. The lowest BCUT2D eigenvalue weighted by atomic mass is 9.46. The first-order valence-electron chi connectivity index (χ1n) is 10.5.